The largest absolute Gasteiger partial charge is 0.481 e. The zero-order valence-corrected chi connectivity index (χ0v) is 13.9. The van der Waals surface area contributed by atoms with E-state index in [2.05, 4.69) is 5.32 Å². The highest BCUT2D eigenvalue weighted by Crippen LogP contribution is 2.55. The molecule has 7 heteroatoms. The minimum atomic E-state index is -0.740. The second kappa shape index (κ2) is 6.20. The van der Waals surface area contributed by atoms with Crippen molar-refractivity contribution in [1.29, 1.82) is 0 Å². The molecule has 4 atom stereocenters. The number of carbonyl (C=O) groups excluding carboxylic acids is 2. The quantitative estimate of drug-likeness (QED) is 0.857. The summed E-state index contributed by atoms with van der Waals surface area (Å²) in [6, 6.07) is 1.65. The van der Waals surface area contributed by atoms with Gasteiger partial charge in [0.1, 0.15) is 6.26 Å². The van der Waals surface area contributed by atoms with Crippen molar-refractivity contribution in [2.45, 2.75) is 31.7 Å². The molecule has 0 spiro atoms. The van der Waals surface area contributed by atoms with Gasteiger partial charge in [-0.2, -0.15) is 0 Å². The fourth-order valence-electron chi connectivity index (χ4n) is 4.45. The molecule has 2 heterocycles. The minimum Gasteiger partial charge on any atom is -0.481 e. The Kier molecular flexibility index (Phi) is 4.01. The van der Waals surface area contributed by atoms with E-state index >= 15 is 0 Å². The molecule has 4 rings (SSSR count). The van der Waals surface area contributed by atoms with Crippen LogP contribution in [0, 0.1) is 23.7 Å². The van der Waals surface area contributed by atoms with Crippen molar-refractivity contribution < 1.29 is 23.9 Å². The Bertz CT molecular complexity index is 678. The molecule has 0 radical (unpaired) electrons. The number of amides is 2. The highest BCUT2D eigenvalue weighted by atomic mass is 16.4. The smallest absolute Gasteiger partial charge is 0.306 e. The van der Waals surface area contributed by atoms with Gasteiger partial charge in [0, 0.05) is 25.0 Å². The first-order valence-electron chi connectivity index (χ1n) is 8.89. The van der Waals surface area contributed by atoms with Gasteiger partial charge in [0.25, 0.3) is 5.91 Å². The van der Waals surface area contributed by atoms with Crippen molar-refractivity contribution in [2.24, 2.45) is 23.7 Å². The molecule has 1 aliphatic heterocycles. The van der Waals surface area contributed by atoms with Crippen LogP contribution in [0.2, 0.25) is 0 Å². The number of fused-ring (bicyclic) bond motifs is 1. The van der Waals surface area contributed by atoms with Crippen LogP contribution in [0.15, 0.2) is 23.0 Å². The van der Waals surface area contributed by atoms with Crippen molar-refractivity contribution in [3.8, 4) is 0 Å². The van der Waals surface area contributed by atoms with Crippen LogP contribution in [-0.4, -0.2) is 46.9 Å². The number of nitrogens with zero attached hydrogens (tertiary/aromatic N) is 1. The van der Waals surface area contributed by atoms with E-state index in [1.54, 1.807) is 11.0 Å². The van der Waals surface area contributed by atoms with Crippen molar-refractivity contribution in [3.63, 3.8) is 0 Å². The molecular formula is C18H22N2O5. The summed E-state index contributed by atoms with van der Waals surface area (Å²) in [4.78, 5) is 37.8. The molecule has 7 nitrogen and oxygen atoms in total. The lowest BCUT2D eigenvalue weighted by molar-refractivity contribution is -0.142. The van der Waals surface area contributed by atoms with E-state index in [0.29, 0.717) is 43.8 Å². The summed E-state index contributed by atoms with van der Waals surface area (Å²) < 4.78 is 4.95. The van der Waals surface area contributed by atoms with Crippen LogP contribution in [0.1, 0.15) is 36.0 Å². The summed E-state index contributed by atoms with van der Waals surface area (Å²) in [5.41, 5.74) is 0.536. The molecule has 0 aromatic carbocycles. The molecular weight excluding hydrogens is 324 g/mol. The number of rotatable bonds is 4. The van der Waals surface area contributed by atoms with E-state index in [1.807, 2.05) is 0 Å². The van der Waals surface area contributed by atoms with Crippen molar-refractivity contribution in [1.82, 2.24) is 10.2 Å². The summed E-state index contributed by atoms with van der Waals surface area (Å²) >= 11 is 0. The molecule has 25 heavy (non-hydrogen) atoms. The topological polar surface area (TPSA) is 99.9 Å². The Morgan fingerprint density at radius 1 is 1.16 bits per heavy atom. The molecule has 0 bridgehead atoms. The third-order valence-electron chi connectivity index (χ3n) is 6.00. The van der Waals surface area contributed by atoms with Gasteiger partial charge in [-0.25, -0.2) is 0 Å². The molecule has 2 amide bonds. The van der Waals surface area contributed by atoms with Crippen LogP contribution < -0.4 is 5.32 Å². The van der Waals surface area contributed by atoms with Crippen LogP contribution in [0.5, 0.6) is 0 Å². The maximum Gasteiger partial charge on any atom is 0.306 e. The first kappa shape index (κ1) is 16.2. The normalized spacial score (nSPS) is 31.4. The molecule has 2 aliphatic carbocycles. The fraction of sp³-hybridized carbons (Fsp3) is 0.611. The molecule has 134 valence electrons. The van der Waals surface area contributed by atoms with Crippen LogP contribution >= 0.6 is 0 Å². The second-order valence-corrected chi connectivity index (χ2v) is 7.44. The van der Waals surface area contributed by atoms with Crippen molar-refractivity contribution in [2.75, 3.05) is 13.1 Å². The van der Waals surface area contributed by atoms with Gasteiger partial charge in [-0.1, -0.05) is 0 Å². The van der Waals surface area contributed by atoms with E-state index in [9.17, 15) is 19.5 Å². The first-order chi connectivity index (χ1) is 12.0. The summed E-state index contributed by atoms with van der Waals surface area (Å²) in [6.07, 6.45) is 5.65. The first-order valence-corrected chi connectivity index (χ1v) is 8.89. The van der Waals surface area contributed by atoms with Crippen LogP contribution in [0.25, 0.3) is 0 Å². The highest BCUT2D eigenvalue weighted by Gasteiger charge is 2.57. The summed E-state index contributed by atoms with van der Waals surface area (Å²) in [5.74, 6) is -0.606. The maximum atomic E-state index is 12.5. The average molecular weight is 346 g/mol. The average Bonchev–Trinajstić information content (AvgIpc) is 3.05. The van der Waals surface area contributed by atoms with Gasteiger partial charge in [0.2, 0.25) is 5.91 Å². The lowest BCUT2D eigenvalue weighted by Gasteiger charge is -2.32. The maximum absolute atomic E-state index is 12.5. The Balaban J connectivity index is 1.28. The highest BCUT2D eigenvalue weighted by molar-refractivity contribution is 5.94. The van der Waals surface area contributed by atoms with E-state index in [-0.39, 0.29) is 35.6 Å². The third kappa shape index (κ3) is 3.03. The summed E-state index contributed by atoms with van der Waals surface area (Å²) in [5, 5.41) is 12.3. The predicted octanol–water partition coefficient (Wildman–Crippen LogP) is 1.36. The molecule has 1 aromatic rings. The summed E-state index contributed by atoms with van der Waals surface area (Å²) in [7, 11) is 0. The van der Waals surface area contributed by atoms with Gasteiger partial charge in [-0.3, -0.25) is 14.4 Å². The number of carboxylic acid groups (broad SMARTS) is 1. The van der Waals surface area contributed by atoms with Crippen LogP contribution in [-0.2, 0) is 9.59 Å². The van der Waals surface area contributed by atoms with Gasteiger partial charge < -0.3 is 19.7 Å². The van der Waals surface area contributed by atoms with E-state index in [0.717, 1.165) is 6.42 Å². The Morgan fingerprint density at radius 3 is 2.52 bits per heavy atom. The van der Waals surface area contributed by atoms with Gasteiger partial charge >= 0.3 is 5.97 Å². The second-order valence-electron chi connectivity index (χ2n) is 7.44. The third-order valence-corrected chi connectivity index (χ3v) is 6.00. The Morgan fingerprint density at radius 2 is 1.92 bits per heavy atom. The van der Waals surface area contributed by atoms with E-state index < -0.39 is 5.97 Å². The standard InChI is InChI=1S/C18H22N2O5/c21-16(19-15-8-14(18(23)24)12-7-13(12)15)10-1-4-20(5-2-10)17(22)11-3-6-25-9-11/h3,6,9-10,12-15H,1-2,4-5,7-8H2,(H,19,21)(H,23,24)/t12-,13+,14-,15+/m1/s1. The van der Waals surface area contributed by atoms with Gasteiger partial charge in [-0.05, 0) is 43.6 Å². The molecule has 3 aliphatic rings. The number of likely N-dealkylation sites (tertiary alicyclic amines) is 1. The fourth-order valence-corrected chi connectivity index (χ4v) is 4.45. The molecule has 2 N–H and O–H groups in total. The summed E-state index contributed by atoms with van der Waals surface area (Å²) in [6.45, 7) is 1.10. The van der Waals surface area contributed by atoms with Crippen molar-refractivity contribution >= 4 is 17.8 Å². The zero-order valence-electron chi connectivity index (χ0n) is 13.9. The minimum absolute atomic E-state index is 0.00388. The molecule has 2 saturated carbocycles. The van der Waals surface area contributed by atoms with Gasteiger partial charge in [-0.15, -0.1) is 0 Å². The molecule has 1 saturated heterocycles. The SMILES string of the molecule is O=C(N[C@H]1C[C@@H](C(=O)O)[C@@H]2C[C@@H]21)C1CCN(C(=O)c2ccoc2)CC1. The van der Waals surface area contributed by atoms with Gasteiger partial charge in [0.05, 0.1) is 17.7 Å². The zero-order chi connectivity index (χ0) is 17.6. The van der Waals surface area contributed by atoms with Gasteiger partial charge in [0.15, 0.2) is 0 Å². The predicted molar refractivity (Wildman–Crippen MR) is 86.6 cm³/mol. The van der Waals surface area contributed by atoms with Crippen LogP contribution in [0.3, 0.4) is 0 Å². The molecule has 1 aromatic heterocycles. The monoisotopic (exact) mass is 346 g/mol. The Hall–Kier alpha value is -2.31. The number of furan rings is 1. The van der Waals surface area contributed by atoms with E-state index in [1.165, 1.54) is 12.5 Å². The molecule has 3 fully saturated rings. The number of aliphatic carboxylic acids is 1. The number of carboxylic acids is 1. The van der Waals surface area contributed by atoms with Crippen molar-refractivity contribution in [3.05, 3.63) is 24.2 Å². The number of hydrogen-bond donors (Lipinski definition) is 2. The molecule has 0 unspecified atom stereocenters. The van der Waals surface area contributed by atoms with Crippen LogP contribution in [0.4, 0.5) is 0 Å². The van der Waals surface area contributed by atoms with E-state index in [4.69, 9.17) is 4.42 Å². The Labute approximate surface area is 145 Å². The number of nitrogens with one attached hydrogen (secondary N) is 1. The lowest BCUT2D eigenvalue weighted by atomic mass is 9.94. The lowest BCUT2D eigenvalue weighted by Crippen LogP contribution is -2.45. The number of carbonyl (C=O) groups is 3. The number of hydrogen-bond acceptors (Lipinski definition) is 4. The number of piperidine rings is 1.